The fourth-order valence-electron chi connectivity index (χ4n) is 1.43. The molecule has 1 aromatic carbocycles. The van der Waals surface area contributed by atoms with Crippen molar-refractivity contribution >= 4 is 5.69 Å². The smallest absolute Gasteiger partial charge is 0.0632 e. The van der Waals surface area contributed by atoms with Crippen LogP contribution in [0.2, 0.25) is 0 Å². The van der Waals surface area contributed by atoms with Crippen LogP contribution in [-0.4, -0.2) is 31.9 Å². The van der Waals surface area contributed by atoms with Crippen molar-refractivity contribution in [3.05, 3.63) is 29.8 Å². The summed E-state index contributed by atoms with van der Waals surface area (Å²) in [5, 5.41) is 12.2. The average Bonchev–Trinajstić information content (AvgIpc) is 2.28. The molecule has 3 heteroatoms. The molecule has 1 rings (SSSR count). The van der Waals surface area contributed by atoms with Crippen molar-refractivity contribution in [3.8, 4) is 0 Å². The Morgan fingerprint density at radius 2 is 1.93 bits per heavy atom. The molecule has 0 saturated heterocycles. The Morgan fingerprint density at radius 1 is 1.33 bits per heavy atom. The van der Waals surface area contributed by atoms with Crippen molar-refractivity contribution in [1.82, 2.24) is 5.32 Å². The lowest BCUT2D eigenvalue weighted by Crippen LogP contribution is -2.31. The van der Waals surface area contributed by atoms with E-state index in [1.807, 2.05) is 21.0 Å². The first-order valence-electron chi connectivity index (χ1n) is 5.26. The van der Waals surface area contributed by atoms with Crippen LogP contribution in [0.25, 0.3) is 0 Å². The van der Waals surface area contributed by atoms with Gasteiger partial charge in [-0.25, -0.2) is 0 Å². The Labute approximate surface area is 91.7 Å². The molecule has 0 radical (unpaired) electrons. The molecule has 0 fully saturated rings. The third-order valence-electron chi connectivity index (χ3n) is 2.65. The van der Waals surface area contributed by atoms with Crippen molar-refractivity contribution in [2.45, 2.75) is 19.5 Å². The highest BCUT2D eigenvalue weighted by atomic mass is 16.3. The summed E-state index contributed by atoms with van der Waals surface area (Å²) in [5.74, 6) is 0. The largest absolute Gasteiger partial charge is 0.394 e. The minimum absolute atomic E-state index is 0.153. The molecule has 1 atom stereocenters. The predicted octanol–water partition coefficient (Wildman–Crippen LogP) is 1.22. The van der Waals surface area contributed by atoms with Crippen LogP contribution in [0.4, 0.5) is 5.69 Å². The van der Waals surface area contributed by atoms with E-state index >= 15 is 0 Å². The molecular weight excluding hydrogens is 188 g/mol. The standard InChI is InChI=1S/C12H20N2O/c1-10(9-15)14(3)12-6-4-11(5-7-12)8-13-2/h4-7,10,13,15H,8-9H2,1-3H3. The first kappa shape index (κ1) is 12.0. The van der Waals surface area contributed by atoms with E-state index in [1.165, 1.54) is 5.56 Å². The molecule has 0 aromatic heterocycles. The lowest BCUT2D eigenvalue weighted by atomic mass is 10.2. The molecular formula is C12H20N2O. The highest BCUT2D eigenvalue weighted by Gasteiger charge is 2.07. The first-order valence-corrected chi connectivity index (χ1v) is 5.26. The van der Waals surface area contributed by atoms with E-state index in [4.69, 9.17) is 5.11 Å². The van der Waals surface area contributed by atoms with Gasteiger partial charge in [0.1, 0.15) is 0 Å². The number of hydrogen-bond donors (Lipinski definition) is 2. The second-order valence-corrected chi connectivity index (χ2v) is 3.84. The molecule has 2 N–H and O–H groups in total. The number of hydrogen-bond acceptors (Lipinski definition) is 3. The van der Waals surface area contributed by atoms with Crippen molar-refractivity contribution in [2.24, 2.45) is 0 Å². The van der Waals surface area contributed by atoms with E-state index in [0.29, 0.717) is 0 Å². The van der Waals surface area contributed by atoms with Crippen LogP contribution >= 0.6 is 0 Å². The van der Waals surface area contributed by atoms with Crippen LogP contribution in [-0.2, 0) is 6.54 Å². The number of rotatable bonds is 5. The highest BCUT2D eigenvalue weighted by molar-refractivity contribution is 5.47. The molecule has 1 aromatic rings. The summed E-state index contributed by atoms with van der Waals surface area (Å²) in [6.07, 6.45) is 0. The van der Waals surface area contributed by atoms with Crippen molar-refractivity contribution in [2.75, 3.05) is 25.6 Å². The number of anilines is 1. The van der Waals surface area contributed by atoms with E-state index in [-0.39, 0.29) is 12.6 Å². The Kier molecular flexibility index (Phi) is 4.59. The molecule has 0 aliphatic rings. The van der Waals surface area contributed by atoms with Crippen LogP contribution < -0.4 is 10.2 Å². The lowest BCUT2D eigenvalue weighted by Gasteiger charge is -2.25. The van der Waals surface area contributed by atoms with Gasteiger partial charge in [-0.2, -0.15) is 0 Å². The molecule has 0 spiro atoms. The van der Waals surface area contributed by atoms with Gasteiger partial charge in [-0.3, -0.25) is 0 Å². The fourth-order valence-corrected chi connectivity index (χ4v) is 1.43. The van der Waals surface area contributed by atoms with Gasteiger partial charge in [0, 0.05) is 25.3 Å². The number of benzene rings is 1. The number of aliphatic hydroxyl groups is 1. The number of aliphatic hydroxyl groups excluding tert-OH is 1. The van der Waals surface area contributed by atoms with Gasteiger partial charge in [0.25, 0.3) is 0 Å². The number of nitrogens with one attached hydrogen (secondary N) is 1. The summed E-state index contributed by atoms with van der Waals surface area (Å²) in [5.41, 5.74) is 2.41. The molecule has 1 unspecified atom stereocenters. The van der Waals surface area contributed by atoms with Gasteiger partial charge < -0.3 is 15.3 Å². The molecule has 84 valence electrons. The normalized spacial score (nSPS) is 12.5. The minimum Gasteiger partial charge on any atom is -0.394 e. The minimum atomic E-state index is 0.153. The summed E-state index contributed by atoms with van der Waals surface area (Å²) in [6, 6.07) is 8.52. The average molecular weight is 208 g/mol. The topological polar surface area (TPSA) is 35.5 Å². The van der Waals surface area contributed by atoms with Gasteiger partial charge >= 0.3 is 0 Å². The molecule has 0 aliphatic heterocycles. The second kappa shape index (κ2) is 5.73. The van der Waals surface area contributed by atoms with Crippen LogP contribution in [0.5, 0.6) is 0 Å². The van der Waals surface area contributed by atoms with E-state index < -0.39 is 0 Å². The molecule has 0 bridgehead atoms. The zero-order valence-electron chi connectivity index (χ0n) is 9.70. The molecule has 0 amide bonds. The van der Waals surface area contributed by atoms with Gasteiger partial charge in [0.05, 0.1) is 6.61 Å². The molecule has 15 heavy (non-hydrogen) atoms. The van der Waals surface area contributed by atoms with Crippen molar-refractivity contribution in [3.63, 3.8) is 0 Å². The predicted molar refractivity (Wildman–Crippen MR) is 64.2 cm³/mol. The summed E-state index contributed by atoms with van der Waals surface area (Å²) >= 11 is 0. The maximum atomic E-state index is 9.05. The SMILES string of the molecule is CNCc1ccc(N(C)C(C)CO)cc1. The summed E-state index contributed by atoms with van der Waals surface area (Å²) < 4.78 is 0. The van der Waals surface area contributed by atoms with Gasteiger partial charge in [-0.15, -0.1) is 0 Å². The van der Waals surface area contributed by atoms with Crippen LogP contribution in [0, 0.1) is 0 Å². The number of likely N-dealkylation sites (N-methyl/N-ethyl adjacent to an activating group) is 1. The molecule has 3 nitrogen and oxygen atoms in total. The van der Waals surface area contributed by atoms with Crippen molar-refractivity contribution < 1.29 is 5.11 Å². The molecule has 0 saturated carbocycles. The van der Waals surface area contributed by atoms with Crippen LogP contribution in [0.3, 0.4) is 0 Å². The Bertz CT molecular complexity index is 284. The first-order chi connectivity index (χ1) is 7.19. The third-order valence-corrected chi connectivity index (χ3v) is 2.65. The second-order valence-electron chi connectivity index (χ2n) is 3.84. The third kappa shape index (κ3) is 3.22. The van der Waals surface area contributed by atoms with E-state index in [1.54, 1.807) is 0 Å². The van der Waals surface area contributed by atoms with Crippen LogP contribution in [0.1, 0.15) is 12.5 Å². The van der Waals surface area contributed by atoms with Gasteiger partial charge in [-0.1, -0.05) is 12.1 Å². The van der Waals surface area contributed by atoms with Gasteiger partial charge in [0.2, 0.25) is 0 Å². The van der Waals surface area contributed by atoms with Gasteiger partial charge in [0.15, 0.2) is 0 Å². The Hall–Kier alpha value is -1.06. The van der Waals surface area contributed by atoms with E-state index in [2.05, 4.69) is 34.5 Å². The molecule has 0 aliphatic carbocycles. The molecule has 0 heterocycles. The lowest BCUT2D eigenvalue weighted by molar-refractivity contribution is 0.270. The zero-order valence-corrected chi connectivity index (χ0v) is 9.70. The maximum Gasteiger partial charge on any atom is 0.0632 e. The monoisotopic (exact) mass is 208 g/mol. The van der Waals surface area contributed by atoms with Crippen LogP contribution in [0.15, 0.2) is 24.3 Å². The van der Waals surface area contributed by atoms with E-state index in [9.17, 15) is 0 Å². The number of nitrogens with zero attached hydrogens (tertiary/aromatic N) is 1. The zero-order chi connectivity index (χ0) is 11.3. The van der Waals surface area contributed by atoms with Crippen molar-refractivity contribution in [1.29, 1.82) is 0 Å². The summed E-state index contributed by atoms with van der Waals surface area (Å²) in [4.78, 5) is 2.07. The Balaban J connectivity index is 2.70. The summed E-state index contributed by atoms with van der Waals surface area (Å²) in [6.45, 7) is 3.07. The van der Waals surface area contributed by atoms with E-state index in [0.717, 1.165) is 12.2 Å². The fraction of sp³-hybridized carbons (Fsp3) is 0.500. The maximum absolute atomic E-state index is 9.05. The van der Waals surface area contributed by atoms with Gasteiger partial charge in [-0.05, 0) is 31.7 Å². The summed E-state index contributed by atoms with van der Waals surface area (Å²) in [7, 11) is 3.93. The highest BCUT2D eigenvalue weighted by Crippen LogP contribution is 2.15. The Morgan fingerprint density at radius 3 is 2.40 bits per heavy atom. The quantitative estimate of drug-likeness (QED) is 0.764.